The summed E-state index contributed by atoms with van der Waals surface area (Å²) in [6.45, 7) is 6.78. The number of hydrogen-bond donors (Lipinski definition) is 2. The minimum atomic E-state index is 0.132. The molecule has 0 radical (unpaired) electrons. The highest BCUT2D eigenvalue weighted by molar-refractivity contribution is 7.05. The van der Waals surface area contributed by atoms with E-state index in [-0.39, 0.29) is 6.04 Å². The fourth-order valence-electron chi connectivity index (χ4n) is 2.20. The highest BCUT2D eigenvalue weighted by Gasteiger charge is 2.18. The number of ether oxygens (including phenoxy) is 1. The molecule has 0 amide bonds. The number of nitrogens with one attached hydrogen (secondary N) is 2. The monoisotopic (exact) mass is 306 g/mol. The highest BCUT2D eigenvalue weighted by atomic mass is 32.1. The van der Waals surface area contributed by atoms with Crippen LogP contribution in [-0.4, -0.2) is 39.3 Å². The van der Waals surface area contributed by atoms with Gasteiger partial charge in [-0.1, -0.05) is 4.49 Å². The number of aromatic nitrogens is 4. The molecule has 0 spiro atoms. The van der Waals surface area contributed by atoms with E-state index < -0.39 is 0 Å². The maximum atomic E-state index is 5.49. The van der Waals surface area contributed by atoms with Gasteiger partial charge < -0.3 is 15.4 Å². The summed E-state index contributed by atoms with van der Waals surface area (Å²) in [4.78, 5) is 10.1. The first-order valence-corrected chi connectivity index (χ1v) is 7.68. The van der Waals surface area contributed by atoms with Gasteiger partial charge in [-0.3, -0.25) is 0 Å². The minimum absolute atomic E-state index is 0.132. The average molecular weight is 306 g/mol. The van der Waals surface area contributed by atoms with Gasteiger partial charge in [-0.25, -0.2) is 9.97 Å². The molecule has 0 aliphatic carbocycles. The first-order chi connectivity index (χ1) is 10.2. The summed E-state index contributed by atoms with van der Waals surface area (Å²) >= 11 is 1.41. The molecule has 2 aromatic rings. The summed E-state index contributed by atoms with van der Waals surface area (Å²) in [7, 11) is 0. The van der Waals surface area contributed by atoms with Gasteiger partial charge in [-0.15, -0.1) is 5.10 Å². The van der Waals surface area contributed by atoms with E-state index in [1.54, 1.807) is 0 Å². The molecule has 3 rings (SSSR count). The van der Waals surface area contributed by atoms with E-state index in [2.05, 4.69) is 30.2 Å². The van der Waals surface area contributed by atoms with Crippen molar-refractivity contribution < 1.29 is 4.74 Å². The van der Waals surface area contributed by atoms with Crippen LogP contribution in [0.3, 0.4) is 0 Å². The lowest BCUT2D eigenvalue weighted by atomic mass is 10.2. The predicted octanol–water partition coefficient (Wildman–Crippen LogP) is 1.22. The van der Waals surface area contributed by atoms with Gasteiger partial charge in [0.05, 0.1) is 42.1 Å². The molecule has 1 aliphatic heterocycles. The Morgan fingerprint density at radius 2 is 2.33 bits per heavy atom. The Morgan fingerprint density at radius 3 is 3.05 bits per heavy atom. The summed E-state index contributed by atoms with van der Waals surface area (Å²) in [6, 6.07) is 2.11. The lowest BCUT2D eigenvalue weighted by Crippen LogP contribution is -2.35. The summed E-state index contributed by atoms with van der Waals surface area (Å²) in [6.07, 6.45) is 0. The second kappa shape index (κ2) is 6.42. The van der Waals surface area contributed by atoms with Crippen molar-refractivity contribution in [1.82, 2.24) is 24.9 Å². The van der Waals surface area contributed by atoms with E-state index in [0.717, 1.165) is 41.1 Å². The number of hydrogen-bond acceptors (Lipinski definition) is 8. The lowest BCUT2D eigenvalue weighted by molar-refractivity contribution is 0.0755. The average Bonchev–Trinajstić information content (AvgIpc) is 2.91. The lowest BCUT2D eigenvalue weighted by Gasteiger charge is -2.23. The van der Waals surface area contributed by atoms with E-state index in [0.29, 0.717) is 13.2 Å². The van der Waals surface area contributed by atoms with Crippen molar-refractivity contribution in [3.05, 3.63) is 28.2 Å². The zero-order valence-corrected chi connectivity index (χ0v) is 12.9. The van der Waals surface area contributed by atoms with Crippen LogP contribution in [0.1, 0.15) is 28.1 Å². The van der Waals surface area contributed by atoms with Crippen LogP contribution >= 0.6 is 11.5 Å². The quantitative estimate of drug-likeness (QED) is 0.878. The Hall–Kier alpha value is -1.64. The minimum Gasteiger partial charge on any atom is -0.378 e. The molecular weight excluding hydrogens is 288 g/mol. The fourth-order valence-corrected chi connectivity index (χ4v) is 2.77. The van der Waals surface area contributed by atoms with Crippen molar-refractivity contribution in [2.45, 2.75) is 26.4 Å². The number of morpholine rings is 1. The van der Waals surface area contributed by atoms with Crippen molar-refractivity contribution in [2.75, 3.05) is 25.1 Å². The fraction of sp³-hybridized carbons (Fsp3) is 0.538. The van der Waals surface area contributed by atoms with E-state index in [1.807, 2.05) is 19.9 Å². The van der Waals surface area contributed by atoms with Crippen LogP contribution in [0.4, 0.5) is 5.82 Å². The first kappa shape index (κ1) is 14.3. The summed E-state index contributed by atoms with van der Waals surface area (Å²) in [5, 5.41) is 10.7. The molecule has 112 valence electrons. The number of nitrogens with zero attached hydrogens (tertiary/aromatic N) is 4. The molecule has 1 aliphatic rings. The third-order valence-electron chi connectivity index (χ3n) is 3.31. The summed E-state index contributed by atoms with van der Waals surface area (Å²) in [5.74, 6) is 1.57. The topological polar surface area (TPSA) is 84.9 Å². The summed E-state index contributed by atoms with van der Waals surface area (Å²) in [5.41, 5.74) is 1.92. The zero-order valence-electron chi connectivity index (χ0n) is 12.1. The maximum Gasteiger partial charge on any atom is 0.130 e. The Bertz CT molecular complexity index is 610. The number of rotatable bonds is 4. The van der Waals surface area contributed by atoms with Crippen LogP contribution in [0, 0.1) is 13.8 Å². The molecule has 3 heterocycles. The maximum absolute atomic E-state index is 5.49. The van der Waals surface area contributed by atoms with Crippen molar-refractivity contribution in [3.8, 4) is 0 Å². The Kier molecular flexibility index (Phi) is 4.37. The van der Waals surface area contributed by atoms with Crippen molar-refractivity contribution in [2.24, 2.45) is 0 Å². The molecular formula is C13H18N6OS. The molecule has 21 heavy (non-hydrogen) atoms. The van der Waals surface area contributed by atoms with Crippen molar-refractivity contribution in [3.63, 3.8) is 0 Å². The molecule has 0 aromatic carbocycles. The molecule has 1 saturated heterocycles. The van der Waals surface area contributed by atoms with Gasteiger partial charge in [0.1, 0.15) is 11.6 Å². The van der Waals surface area contributed by atoms with Gasteiger partial charge >= 0.3 is 0 Å². The van der Waals surface area contributed by atoms with E-state index >= 15 is 0 Å². The van der Waals surface area contributed by atoms with Gasteiger partial charge in [-0.05, 0) is 25.4 Å². The van der Waals surface area contributed by atoms with Crippen molar-refractivity contribution in [1.29, 1.82) is 0 Å². The molecule has 0 saturated carbocycles. The molecule has 7 nitrogen and oxygen atoms in total. The largest absolute Gasteiger partial charge is 0.378 e. The molecule has 1 atom stereocenters. The standard InChI is InChI=1S/C13H18N6OS/c1-8-12(21-19-18-8)6-15-13-5-10(16-9(2)17-13)11-7-20-4-3-14-11/h5,11,14H,3-4,6-7H2,1-2H3,(H,15,16,17)/t11-/m1/s1. The van der Waals surface area contributed by atoms with Gasteiger partial charge in [-0.2, -0.15) is 0 Å². The van der Waals surface area contributed by atoms with Crippen LogP contribution in [0.15, 0.2) is 6.07 Å². The molecule has 0 unspecified atom stereocenters. The van der Waals surface area contributed by atoms with Crippen LogP contribution in [-0.2, 0) is 11.3 Å². The van der Waals surface area contributed by atoms with Crippen LogP contribution < -0.4 is 10.6 Å². The van der Waals surface area contributed by atoms with Crippen molar-refractivity contribution >= 4 is 17.4 Å². The Morgan fingerprint density at radius 1 is 1.43 bits per heavy atom. The van der Waals surface area contributed by atoms with Gasteiger partial charge in [0, 0.05) is 12.6 Å². The number of aryl methyl sites for hydroxylation is 2. The van der Waals surface area contributed by atoms with Gasteiger partial charge in [0.15, 0.2) is 0 Å². The highest BCUT2D eigenvalue weighted by Crippen LogP contribution is 2.18. The molecule has 8 heteroatoms. The smallest absolute Gasteiger partial charge is 0.130 e. The molecule has 2 N–H and O–H groups in total. The molecule has 1 fully saturated rings. The number of anilines is 1. The first-order valence-electron chi connectivity index (χ1n) is 6.91. The van der Waals surface area contributed by atoms with E-state index in [4.69, 9.17) is 4.74 Å². The zero-order chi connectivity index (χ0) is 14.7. The summed E-state index contributed by atoms with van der Waals surface area (Å²) < 4.78 is 9.43. The van der Waals surface area contributed by atoms with Crippen LogP contribution in [0.2, 0.25) is 0 Å². The molecule has 0 bridgehead atoms. The normalized spacial score (nSPS) is 18.7. The third-order valence-corrected chi connectivity index (χ3v) is 4.14. The molecule has 2 aromatic heterocycles. The van der Waals surface area contributed by atoms with E-state index in [9.17, 15) is 0 Å². The van der Waals surface area contributed by atoms with Gasteiger partial charge in [0.2, 0.25) is 0 Å². The second-order valence-electron chi connectivity index (χ2n) is 4.94. The third kappa shape index (κ3) is 3.52. The second-order valence-corrected chi connectivity index (χ2v) is 5.78. The Balaban J connectivity index is 1.73. The van der Waals surface area contributed by atoms with Crippen LogP contribution in [0.5, 0.6) is 0 Å². The SMILES string of the molecule is Cc1nc(NCc2snnc2C)cc([C@H]2COCCN2)n1. The van der Waals surface area contributed by atoms with Gasteiger partial charge in [0.25, 0.3) is 0 Å². The Labute approximate surface area is 127 Å². The van der Waals surface area contributed by atoms with E-state index in [1.165, 1.54) is 11.5 Å². The predicted molar refractivity (Wildman–Crippen MR) is 80.3 cm³/mol. The van der Waals surface area contributed by atoms with Crippen LogP contribution in [0.25, 0.3) is 0 Å².